The summed E-state index contributed by atoms with van der Waals surface area (Å²) in [6.07, 6.45) is 93.9. The Morgan fingerprint density at radius 2 is 0.470 bits per heavy atom. The molecule has 83 heavy (non-hydrogen) atoms. The topological polar surface area (TPSA) is 78.9 Å². The first kappa shape index (κ1) is 79.8. The number of allylic oxidation sites excluding steroid dienone is 12. The molecule has 0 aromatic rings. The number of ether oxygens (including phenoxy) is 3. The first-order valence-electron chi connectivity index (χ1n) is 36.4. The molecule has 1 atom stereocenters. The Hall–Kier alpha value is -3.15. The molecular weight excluding hydrogens is 1020 g/mol. The van der Waals surface area contributed by atoms with Crippen molar-refractivity contribution < 1.29 is 28.6 Å². The molecule has 0 aromatic heterocycles. The fourth-order valence-electron chi connectivity index (χ4n) is 10.8. The quantitative estimate of drug-likeness (QED) is 0.0261. The van der Waals surface area contributed by atoms with E-state index in [0.29, 0.717) is 19.3 Å². The van der Waals surface area contributed by atoms with Gasteiger partial charge in [-0.2, -0.15) is 0 Å². The van der Waals surface area contributed by atoms with Gasteiger partial charge in [-0.15, -0.1) is 0 Å². The minimum absolute atomic E-state index is 0.0696. The summed E-state index contributed by atoms with van der Waals surface area (Å²) < 4.78 is 16.9. The molecule has 0 saturated heterocycles. The van der Waals surface area contributed by atoms with E-state index >= 15 is 0 Å². The van der Waals surface area contributed by atoms with E-state index < -0.39 is 6.10 Å². The van der Waals surface area contributed by atoms with Crippen molar-refractivity contribution in [3.05, 3.63) is 72.9 Å². The van der Waals surface area contributed by atoms with E-state index in [1.807, 2.05) is 0 Å². The van der Waals surface area contributed by atoms with Crippen molar-refractivity contribution in [2.45, 2.75) is 386 Å². The molecule has 0 aliphatic heterocycles. The summed E-state index contributed by atoms with van der Waals surface area (Å²) in [4.78, 5) is 38.3. The van der Waals surface area contributed by atoms with Gasteiger partial charge in [0.05, 0.1) is 0 Å². The fraction of sp³-hybridized carbons (Fsp3) is 0.805. The molecule has 1 unspecified atom stereocenters. The molecule has 0 spiro atoms. The first-order valence-corrected chi connectivity index (χ1v) is 36.4. The standard InChI is InChI=1S/C77H138O6/c1-4-7-10-13-16-19-21-23-25-27-29-31-32-33-34-35-36-37-38-39-40-41-42-43-44-46-47-49-51-53-55-58-61-64-67-70-76(79)82-73-74(72-81-75(78)69-66-63-60-57-18-15-12-9-6-3)83-77(80)71-68-65-62-59-56-54-52-50-48-45-30-28-26-24-22-20-17-14-11-8-5-2/h7,10,16,19,23,25,28-31,33-34,74H,4-6,8-9,11-15,17-18,20-22,24,26-27,32,35-73H2,1-3H3/b10-7-,19-16-,25-23-,30-28-,31-29-,34-33-. The molecule has 0 aliphatic rings. The van der Waals surface area contributed by atoms with E-state index in [4.69, 9.17) is 14.2 Å². The van der Waals surface area contributed by atoms with E-state index in [2.05, 4.69) is 93.7 Å². The normalized spacial score (nSPS) is 12.5. The molecular formula is C77H138O6. The van der Waals surface area contributed by atoms with Crippen LogP contribution in [-0.2, 0) is 28.6 Å². The summed E-state index contributed by atoms with van der Waals surface area (Å²) in [6.45, 7) is 6.56. The van der Waals surface area contributed by atoms with Gasteiger partial charge in [0.15, 0.2) is 6.10 Å². The van der Waals surface area contributed by atoms with Crippen LogP contribution in [0.3, 0.4) is 0 Å². The van der Waals surface area contributed by atoms with Crippen LogP contribution in [0, 0.1) is 0 Å². The van der Waals surface area contributed by atoms with E-state index in [-0.39, 0.29) is 31.1 Å². The van der Waals surface area contributed by atoms with Crippen LogP contribution < -0.4 is 0 Å². The van der Waals surface area contributed by atoms with Gasteiger partial charge in [0.25, 0.3) is 0 Å². The molecule has 0 aromatic carbocycles. The molecule has 0 bridgehead atoms. The van der Waals surface area contributed by atoms with Crippen LogP contribution in [0.15, 0.2) is 72.9 Å². The fourth-order valence-corrected chi connectivity index (χ4v) is 10.8. The van der Waals surface area contributed by atoms with Crippen molar-refractivity contribution in [2.75, 3.05) is 13.2 Å². The zero-order valence-corrected chi connectivity index (χ0v) is 55.5. The highest BCUT2D eigenvalue weighted by Gasteiger charge is 2.19. The summed E-state index contributed by atoms with van der Waals surface area (Å²) in [6, 6.07) is 0. The summed E-state index contributed by atoms with van der Waals surface area (Å²) >= 11 is 0. The Labute approximate surface area is 516 Å². The maximum Gasteiger partial charge on any atom is 0.306 e. The van der Waals surface area contributed by atoms with Gasteiger partial charge in [0.2, 0.25) is 0 Å². The zero-order chi connectivity index (χ0) is 59.9. The first-order chi connectivity index (χ1) is 41.0. The summed E-state index contributed by atoms with van der Waals surface area (Å²) in [7, 11) is 0. The van der Waals surface area contributed by atoms with Crippen molar-refractivity contribution >= 4 is 17.9 Å². The van der Waals surface area contributed by atoms with Gasteiger partial charge in [-0.3, -0.25) is 14.4 Å². The Morgan fingerprint density at radius 1 is 0.253 bits per heavy atom. The predicted octanol–water partition coefficient (Wildman–Crippen LogP) is 25.2. The van der Waals surface area contributed by atoms with Crippen LogP contribution in [0.1, 0.15) is 380 Å². The summed E-state index contributed by atoms with van der Waals surface area (Å²) in [5.41, 5.74) is 0. The van der Waals surface area contributed by atoms with Crippen LogP contribution in [0.25, 0.3) is 0 Å². The smallest absolute Gasteiger partial charge is 0.306 e. The Morgan fingerprint density at radius 3 is 0.747 bits per heavy atom. The average molecular weight is 1160 g/mol. The maximum absolute atomic E-state index is 12.9. The van der Waals surface area contributed by atoms with E-state index in [1.54, 1.807) is 0 Å². The zero-order valence-electron chi connectivity index (χ0n) is 55.5. The SMILES string of the molecule is CC/C=C\C/C=C\C/C=C\C/C=C\C/C=C\CCCCCCCCCCCCCCCCCCCCCC(=O)OCC(COC(=O)CCCCCCCCCCC)OC(=O)CCCCCCCCCCC/C=C\CCCCCCCCCC. The number of hydrogen-bond acceptors (Lipinski definition) is 6. The lowest BCUT2D eigenvalue weighted by molar-refractivity contribution is -0.167. The molecule has 6 nitrogen and oxygen atoms in total. The lowest BCUT2D eigenvalue weighted by Gasteiger charge is -2.18. The molecule has 0 heterocycles. The third kappa shape index (κ3) is 69.5. The van der Waals surface area contributed by atoms with Crippen LogP contribution in [0.5, 0.6) is 0 Å². The predicted molar refractivity (Wildman–Crippen MR) is 362 cm³/mol. The van der Waals surface area contributed by atoms with Gasteiger partial charge < -0.3 is 14.2 Å². The monoisotopic (exact) mass is 1160 g/mol. The van der Waals surface area contributed by atoms with Crippen molar-refractivity contribution in [1.82, 2.24) is 0 Å². The van der Waals surface area contributed by atoms with E-state index in [1.165, 1.54) is 250 Å². The second-order valence-corrected chi connectivity index (χ2v) is 24.5. The van der Waals surface area contributed by atoms with E-state index in [0.717, 1.165) is 89.9 Å². The van der Waals surface area contributed by atoms with Crippen molar-refractivity contribution in [2.24, 2.45) is 0 Å². The highest BCUT2D eigenvalue weighted by Crippen LogP contribution is 2.18. The highest BCUT2D eigenvalue weighted by molar-refractivity contribution is 5.71. The largest absolute Gasteiger partial charge is 0.462 e. The third-order valence-corrected chi connectivity index (χ3v) is 16.2. The van der Waals surface area contributed by atoms with Crippen LogP contribution in [-0.4, -0.2) is 37.2 Å². The number of carbonyl (C=O) groups excluding carboxylic acids is 3. The Bertz CT molecular complexity index is 1520. The second-order valence-electron chi connectivity index (χ2n) is 24.5. The third-order valence-electron chi connectivity index (χ3n) is 16.2. The molecule has 0 aliphatic carbocycles. The highest BCUT2D eigenvalue weighted by atomic mass is 16.6. The summed E-state index contributed by atoms with van der Waals surface area (Å²) in [5, 5.41) is 0. The van der Waals surface area contributed by atoms with Crippen LogP contribution >= 0.6 is 0 Å². The van der Waals surface area contributed by atoms with Crippen molar-refractivity contribution in [3.63, 3.8) is 0 Å². The van der Waals surface area contributed by atoms with E-state index in [9.17, 15) is 14.4 Å². The van der Waals surface area contributed by atoms with Gasteiger partial charge in [-0.05, 0) is 89.9 Å². The van der Waals surface area contributed by atoms with Gasteiger partial charge in [0.1, 0.15) is 13.2 Å². The number of esters is 3. The minimum Gasteiger partial charge on any atom is -0.462 e. The average Bonchev–Trinajstić information content (AvgIpc) is 3.49. The van der Waals surface area contributed by atoms with Gasteiger partial charge in [0, 0.05) is 19.3 Å². The molecule has 6 heteroatoms. The number of hydrogen-bond donors (Lipinski definition) is 0. The number of unbranched alkanes of at least 4 members (excludes halogenated alkanes) is 44. The molecule has 0 amide bonds. The van der Waals surface area contributed by atoms with Gasteiger partial charge in [-0.1, -0.05) is 344 Å². The molecule has 482 valence electrons. The lowest BCUT2D eigenvalue weighted by atomic mass is 10.0. The van der Waals surface area contributed by atoms with Crippen molar-refractivity contribution in [1.29, 1.82) is 0 Å². The Balaban J connectivity index is 4.05. The minimum atomic E-state index is -0.772. The van der Waals surface area contributed by atoms with Crippen LogP contribution in [0.4, 0.5) is 0 Å². The molecule has 0 fully saturated rings. The number of carbonyl (C=O) groups is 3. The molecule has 0 rings (SSSR count). The molecule has 0 saturated carbocycles. The lowest BCUT2D eigenvalue weighted by Crippen LogP contribution is -2.30. The van der Waals surface area contributed by atoms with Crippen molar-refractivity contribution in [3.8, 4) is 0 Å². The number of rotatable bonds is 67. The molecule has 0 N–H and O–H groups in total. The molecule has 0 radical (unpaired) electrons. The van der Waals surface area contributed by atoms with Gasteiger partial charge in [-0.25, -0.2) is 0 Å². The maximum atomic E-state index is 12.9. The summed E-state index contributed by atoms with van der Waals surface area (Å²) in [5.74, 6) is -0.851. The van der Waals surface area contributed by atoms with Gasteiger partial charge >= 0.3 is 17.9 Å². The Kier molecular flexibility index (Phi) is 68.6. The second kappa shape index (κ2) is 71.3. The van der Waals surface area contributed by atoms with Crippen LogP contribution in [0.2, 0.25) is 0 Å².